The maximum absolute atomic E-state index is 11.2. The van der Waals surface area contributed by atoms with Gasteiger partial charge in [0, 0.05) is 35.4 Å². The minimum atomic E-state index is -0.761. The number of rotatable bonds is 7. The molecule has 1 rings (SSSR count). The molecule has 0 spiro atoms. The van der Waals surface area contributed by atoms with Crippen molar-refractivity contribution in [3.63, 3.8) is 0 Å². The number of hydrogen-bond acceptors (Lipinski definition) is 3. The molecular weight excluding hydrogens is 246 g/mol. The van der Waals surface area contributed by atoms with E-state index in [9.17, 15) is 4.21 Å². The molecule has 0 aliphatic rings. The lowest BCUT2D eigenvalue weighted by Gasteiger charge is -2.12. The molecule has 0 saturated heterocycles. The Balaban J connectivity index is 2.37. The molecular formula is C14H23NO2S. The van der Waals surface area contributed by atoms with Gasteiger partial charge < -0.3 is 10.1 Å². The van der Waals surface area contributed by atoms with Crippen LogP contribution < -0.4 is 10.1 Å². The first kappa shape index (κ1) is 15.2. The molecule has 1 N–H and O–H groups in total. The van der Waals surface area contributed by atoms with Crippen LogP contribution in [0.5, 0.6) is 5.75 Å². The highest BCUT2D eigenvalue weighted by Crippen LogP contribution is 2.13. The van der Waals surface area contributed by atoms with Crippen LogP contribution >= 0.6 is 0 Å². The first-order valence-electron chi connectivity index (χ1n) is 6.27. The van der Waals surface area contributed by atoms with Crippen molar-refractivity contribution in [1.29, 1.82) is 0 Å². The second-order valence-electron chi connectivity index (χ2n) is 4.75. The van der Waals surface area contributed by atoms with Crippen molar-refractivity contribution in [3.05, 3.63) is 29.8 Å². The molecule has 0 aliphatic heterocycles. The molecule has 0 amide bonds. The Morgan fingerprint density at radius 2 is 1.83 bits per heavy atom. The maximum Gasteiger partial charge on any atom is 0.119 e. The van der Waals surface area contributed by atoms with Gasteiger partial charge in [-0.05, 0) is 38.5 Å². The summed E-state index contributed by atoms with van der Waals surface area (Å²) >= 11 is 0. The second kappa shape index (κ2) is 7.54. The zero-order valence-corrected chi connectivity index (χ0v) is 12.4. The van der Waals surface area contributed by atoms with Gasteiger partial charge in [0.1, 0.15) is 5.75 Å². The molecule has 102 valence electrons. The summed E-state index contributed by atoms with van der Waals surface area (Å²) in [6, 6.07) is 8.08. The lowest BCUT2D eigenvalue weighted by atomic mass is 10.2. The zero-order chi connectivity index (χ0) is 13.5. The average Bonchev–Trinajstić information content (AvgIpc) is 2.30. The van der Waals surface area contributed by atoms with Gasteiger partial charge in [0.2, 0.25) is 0 Å². The van der Waals surface area contributed by atoms with E-state index < -0.39 is 10.8 Å². The Hall–Kier alpha value is -0.870. The Kier molecular flexibility index (Phi) is 6.36. The molecule has 0 fully saturated rings. The molecule has 1 aromatic rings. The fourth-order valence-corrected chi connectivity index (χ4v) is 1.85. The van der Waals surface area contributed by atoms with E-state index in [4.69, 9.17) is 4.74 Å². The molecule has 0 radical (unpaired) electrons. The minimum Gasteiger partial charge on any atom is -0.491 e. The molecule has 2 atom stereocenters. The second-order valence-corrected chi connectivity index (χ2v) is 6.55. The monoisotopic (exact) mass is 269 g/mol. The van der Waals surface area contributed by atoms with E-state index in [-0.39, 0.29) is 11.4 Å². The predicted molar refractivity (Wildman–Crippen MR) is 77.4 cm³/mol. The molecule has 0 saturated carbocycles. The molecule has 0 aliphatic carbocycles. The lowest BCUT2D eigenvalue weighted by molar-refractivity contribution is 0.242. The van der Waals surface area contributed by atoms with E-state index in [2.05, 4.69) is 17.4 Å². The van der Waals surface area contributed by atoms with Crippen LogP contribution in [0.1, 0.15) is 26.3 Å². The van der Waals surface area contributed by atoms with E-state index >= 15 is 0 Å². The summed E-state index contributed by atoms with van der Waals surface area (Å²) in [6.07, 6.45) is 1.94. The fraction of sp³-hybridized carbons (Fsp3) is 0.571. The van der Waals surface area contributed by atoms with Crippen LogP contribution in [0.3, 0.4) is 0 Å². The third-order valence-corrected chi connectivity index (χ3v) is 3.92. The molecule has 0 heterocycles. The molecule has 0 bridgehead atoms. The van der Waals surface area contributed by atoms with Crippen LogP contribution in [0.4, 0.5) is 0 Å². The molecule has 0 aromatic heterocycles. The van der Waals surface area contributed by atoms with Crippen molar-refractivity contribution in [2.75, 3.05) is 12.8 Å². The van der Waals surface area contributed by atoms with Crippen LogP contribution in [0.25, 0.3) is 0 Å². The van der Waals surface area contributed by atoms with Crippen LogP contribution in [0.2, 0.25) is 0 Å². The van der Waals surface area contributed by atoms with Crippen LogP contribution in [0, 0.1) is 0 Å². The lowest BCUT2D eigenvalue weighted by Crippen LogP contribution is -2.27. The molecule has 18 heavy (non-hydrogen) atoms. The standard InChI is InChI=1S/C14H23NO2S/c1-11(2)17-14-7-5-13(6-8-14)10-15-9-12(3)18(4)16/h5-8,11-12,15H,9-10H2,1-4H3. The van der Waals surface area contributed by atoms with Gasteiger partial charge in [-0.3, -0.25) is 4.21 Å². The van der Waals surface area contributed by atoms with Gasteiger partial charge in [-0.15, -0.1) is 0 Å². The van der Waals surface area contributed by atoms with Crippen molar-refractivity contribution in [2.24, 2.45) is 0 Å². The normalized spacial score (nSPS) is 14.5. The van der Waals surface area contributed by atoms with Gasteiger partial charge in [-0.25, -0.2) is 0 Å². The Morgan fingerprint density at radius 1 is 1.22 bits per heavy atom. The Labute approximate surface area is 112 Å². The Morgan fingerprint density at radius 3 is 2.33 bits per heavy atom. The zero-order valence-electron chi connectivity index (χ0n) is 11.6. The van der Waals surface area contributed by atoms with Crippen molar-refractivity contribution in [2.45, 2.75) is 38.7 Å². The van der Waals surface area contributed by atoms with Gasteiger partial charge >= 0.3 is 0 Å². The van der Waals surface area contributed by atoms with Gasteiger partial charge in [-0.1, -0.05) is 12.1 Å². The quantitative estimate of drug-likeness (QED) is 0.825. The fourth-order valence-electron chi connectivity index (χ4n) is 1.50. The number of hydrogen-bond donors (Lipinski definition) is 1. The number of nitrogens with one attached hydrogen (secondary N) is 1. The number of benzene rings is 1. The van der Waals surface area contributed by atoms with Crippen LogP contribution in [0.15, 0.2) is 24.3 Å². The topological polar surface area (TPSA) is 38.3 Å². The smallest absolute Gasteiger partial charge is 0.119 e. The van der Waals surface area contributed by atoms with E-state index in [1.165, 1.54) is 5.56 Å². The van der Waals surface area contributed by atoms with E-state index in [1.807, 2.05) is 32.9 Å². The van der Waals surface area contributed by atoms with Gasteiger partial charge in [0.05, 0.1) is 6.10 Å². The highest BCUT2D eigenvalue weighted by atomic mass is 32.2. The summed E-state index contributed by atoms with van der Waals surface area (Å²) in [6.45, 7) is 7.59. The Bertz CT molecular complexity index is 376. The van der Waals surface area contributed by atoms with E-state index in [0.717, 1.165) is 18.8 Å². The first-order valence-corrected chi connectivity index (χ1v) is 7.89. The summed E-state index contributed by atoms with van der Waals surface area (Å²) in [4.78, 5) is 0. The van der Waals surface area contributed by atoms with Gasteiger partial charge in [0.15, 0.2) is 0 Å². The molecule has 4 heteroatoms. The summed E-state index contributed by atoms with van der Waals surface area (Å²) < 4.78 is 16.8. The van der Waals surface area contributed by atoms with Crippen LogP contribution in [-0.4, -0.2) is 28.4 Å². The summed E-state index contributed by atoms with van der Waals surface area (Å²) in [7, 11) is -0.761. The predicted octanol–water partition coefficient (Wildman–Crippen LogP) is 2.33. The van der Waals surface area contributed by atoms with Crippen LogP contribution in [-0.2, 0) is 17.3 Å². The maximum atomic E-state index is 11.2. The highest BCUT2D eigenvalue weighted by Gasteiger charge is 2.05. The highest BCUT2D eigenvalue weighted by molar-refractivity contribution is 7.84. The molecule has 3 nitrogen and oxygen atoms in total. The van der Waals surface area contributed by atoms with E-state index in [1.54, 1.807) is 6.26 Å². The summed E-state index contributed by atoms with van der Waals surface area (Å²) in [5, 5.41) is 3.50. The molecule has 2 unspecified atom stereocenters. The van der Waals surface area contributed by atoms with Crippen molar-refractivity contribution in [3.8, 4) is 5.75 Å². The average molecular weight is 269 g/mol. The first-order chi connectivity index (χ1) is 8.49. The number of ether oxygens (including phenoxy) is 1. The van der Waals surface area contributed by atoms with Crippen molar-refractivity contribution in [1.82, 2.24) is 5.32 Å². The third kappa shape index (κ3) is 5.65. The minimum absolute atomic E-state index is 0.188. The van der Waals surface area contributed by atoms with Gasteiger partial charge in [0.25, 0.3) is 0 Å². The third-order valence-electron chi connectivity index (χ3n) is 2.62. The largest absolute Gasteiger partial charge is 0.491 e. The van der Waals surface area contributed by atoms with Crippen molar-refractivity contribution < 1.29 is 8.95 Å². The van der Waals surface area contributed by atoms with E-state index in [0.29, 0.717) is 0 Å². The SMILES string of the molecule is CC(C)Oc1ccc(CNCC(C)S(C)=O)cc1. The summed E-state index contributed by atoms with van der Waals surface area (Å²) in [5.41, 5.74) is 1.21. The van der Waals surface area contributed by atoms with Gasteiger partial charge in [-0.2, -0.15) is 0 Å². The summed E-state index contributed by atoms with van der Waals surface area (Å²) in [5.74, 6) is 0.900. The molecule has 1 aromatic carbocycles. The van der Waals surface area contributed by atoms with Crippen molar-refractivity contribution >= 4 is 10.8 Å².